The van der Waals surface area contributed by atoms with Crippen LogP contribution in [-0.2, 0) is 6.54 Å². The zero-order valence-electron chi connectivity index (χ0n) is 11.4. The van der Waals surface area contributed by atoms with Gasteiger partial charge in [0.15, 0.2) is 0 Å². The Morgan fingerprint density at radius 1 is 1.00 bits per heavy atom. The van der Waals surface area contributed by atoms with Crippen molar-refractivity contribution in [1.29, 1.82) is 0 Å². The smallest absolute Gasteiger partial charge is 0.0936 e. The fourth-order valence-electron chi connectivity index (χ4n) is 2.27. The molecule has 0 fully saturated rings. The molecule has 0 radical (unpaired) electrons. The highest BCUT2D eigenvalue weighted by molar-refractivity contribution is 5.90. The molecule has 1 heterocycles. The number of aryl methyl sites for hydroxylation is 1. The van der Waals surface area contributed by atoms with Gasteiger partial charge in [-0.05, 0) is 30.7 Å². The van der Waals surface area contributed by atoms with Crippen LogP contribution < -0.4 is 11.1 Å². The lowest BCUT2D eigenvalue weighted by atomic mass is 10.1. The average Bonchev–Trinajstić information content (AvgIpc) is 2.46. The Bertz CT molecular complexity index is 750. The van der Waals surface area contributed by atoms with E-state index in [0.29, 0.717) is 6.54 Å². The van der Waals surface area contributed by atoms with Gasteiger partial charge < -0.3 is 11.1 Å². The molecule has 0 saturated heterocycles. The Morgan fingerprint density at radius 3 is 2.70 bits per heavy atom. The number of rotatable bonds is 3. The van der Waals surface area contributed by atoms with E-state index in [1.165, 1.54) is 0 Å². The van der Waals surface area contributed by atoms with Crippen LogP contribution in [0.25, 0.3) is 10.9 Å². The molecule has 0 aliphatic heterocycles. The number of nitrogens with one attached hydrogen (secondary N) is 1. The molecule has 0 amide bonds. The van der Waals surface area contributed by atoms with Gasteiger partial charge in [-0.25, -0.2) is 0 Å². The minimum absolute atomic E-state index is 0.696. The lowest BCUT2D eigenvalue weighted by molar-refractivity contribution is 1.15. The summed E-state index contributed by atoms with van der Waals surface area (Å²) in [4.78, 5) is 4.62. The quantitative estimate of drug-likeness (QED) is 0.708. The molecule has 0 bridgehead atoms. The Hall–Kier alpha value is -2.55. The topological polar surface area (TPSA) is 50.9 Å². The molecule has 0 aliphatic rings. The molecule has 2 aromatic carbocycles. The Morgan fingerprint density at radius 2 is 1.85 bits per heavy atom. The third kappa shape index (κ3) is 2.43. The van der Waals surface area contributed by atoms with E-state index < -0.39 is 0 Å². The van der Waals surface area contributed by atoms with Crippen LogP contribution in [0.1, 0.15) is 11.3 Å². The van der Waals surface area contributed by atoms with Crippen LogP contribution in [0, 0.1) is 6.92 Å². The van der Waals surface area contributed by atoms with Crippen molar-refractivity contribution >= 4 is 22.3 Å². The van der Waals surface area contributed by atoms with Crippen LogP contribution in [-0.4, -0.2) is 4.98 Å². The molecular weight excluding hydrogens is 246 g/mol. The predicted octanol–water partition coefficient (Wildman–Crippen LogP) is 3.74. The molecule has 0 aliphatic carbocycles. The van der Waals surface area contributed by atoms with Gasteiger partial charge in [-0.1, -0.05) is 36.4 Å². The van der Waals surface area contributed by atoms with Crippen molar-refractivity contribution in [3.05, 3.63) is 65.9 Å². The van der Waals surface area contributed by atoms with Gasteiger partial charge in [0, 0.05) is 23.3 Å². The molecule has 0 unspecified atom stereocenters. The number of nitrogens with two attached hydrogens (primary N) is 1. The number of fused-ring (bicyclic) bond motifs is 1. The summed E-state index contributed by atoms with van der Waals surface area (Å²) in [5, 5.41) is 4.57. The second kappa shape index (κ2) is 5.21. The summed E-state index contributed by atoms with van der Waals surface area (Å²) in [6.45, 7) is 2.70. The van der Waals surface area contributed by atoms with Gasteiger partial charge in [0.1, 0.15) is 0 Å². The molecule has 3 aromatic rings. The second-order valence-corrected chi connectivity index (χ2v) is 4.88. The van der Waals surface area contributed by atoms with E-state index in [2.05, 4.69) is 22.4 Å². The fourth-order valence-corrected chi connectivity index (χ4v) is 2.27. The Labute approximate surface area is 118 Å². The molecule has 3 rings (SSSR count). The first-order chi connectivity index (χ1) is 9.74. The van der Waals surface area contributed by atoms with E-state index in [-0.39, 0.29) is 0 Å². The zero-order chi connectivity index (χ0) is 13.9. The van der Waals surface area contributed by atoms with Crippen LogP contribution in [0.2, 0.25) is 0 Å². The lowest BCUT2D eigenvalue weighted by Gasteiger charge is -2.11. The number of anilines is 2. The minimum atomic E-state index is 0.696. The molecular formula is C17H17N3. The lowest BCUT2D eigenvalue weighted by Crippen LogP contribution is -2.03. The molecule has 3 heteroatoms. The van der Waals surface area contributed by atoms with Crippen molar-refractivity contribution < 1.29 is 0 Å². The van der Waals surface area contributed by atoms with Crippen LogP contribution in [0.3, 0.4) is 0 Å². The van der Waals surface area contributed by atoms with Gasteiger partial charge in [-0.15, -0.1) is 0 Å². The normalized spacial score (nSPS) is 10.7. The van der Waals surface area contributed by atoms with Gasteiger partial charge >= 0.3 is 0 Å². The van der Waals surface area contributed by atoms with E-state index in [1.807, 2.05) is 49.4 Å². The van der Waals surface area contributed by atoms with Gasteiger partial charge in [-0.3, -0.25) is 4.98 Å². The van der Waals surface area contributed by atoms with Gasteiger partial charge in [0.25, 0.3) is 0 Å². The number of pyridine rings is 1. The zero-order valence-corrected chi connectivity index (χ0v) is 11.4. The summed E-state index contributed by atoms with van der Waals surface area (Å²) in [5.41, 5.74) is 10.9. The van der Waals surface area contributed by atoms with Crippen molar-refractivity contribution in [3.8, 4) is 0 Å². The van der Waals surface area contributed by atoms with E-state index in [0.717, 1.165) is 33.5 Å². The number of aromatic nitrogens is 1. The summed E-state index contributed by atoms with van der Waals surface area (Å²) in [6.07, 6.45) is 0. The monoisotopic (exact) mass is 263 g/mol. The number of hydrogen-bond donors (Lipinski definition) is 2. The number of nitrogens with zero attached hydrogens (tertiary/aromatic N) is 1. The molecule has 0 saturated carbocycles. The largest absolute Gasteiger partial charge is 0.398 e. The van der Waals surface area contributed by atoms with E-state index in [9.17, 15) is 0 Å². The third-order valence-electron chi connectivity index (χ3n) is 3.38. The maximum Gasteiger partial charge on any atom is 0.0936 e. The number of nitrogen functional groups attached to an aromatic ring is 1. The summed E-state index contributed by atoms with van der Waals surface area (Å²) in [6, 6.07) is 18.2. The Balaban J connectivity index is 1.91. The third-order valence-corrected chi connectivity index (χ3v) is 3.38. The van der Waals surface area contributed by atoms with Crippen LogP contribution in [0.5, 0.6) is 0 Å². The van der Waals surface area contributed by atoms with Gasteiger partial charge in [0.05, 0.1) is 11.2 Å². The molecule has 0 atom stereocenters. The highest BCUT2D eigenvalue weighted by Gasteiger charge is 2.03. The molecule has 3 nitrogen and oxygen atoms in total. The first-order valence-electron chi connectivity index (χ1n) is 6.68. The Kier molecular flexibility index (Phi) is 3.25. The first-order valence-corrected chi connectivity index (χ1v) is 6.68. The second-order valence-electron chi connectivity index (χ2n) is 4.88. The SMILES string of the molecule is Cc1ccc2cccc(NCc3ccccc3N)c2n1. The maximum atomic E-state index is 5.97. The number of para-hydroxylation sites is 2. The molecule has 0 spiro atoms. The summed E-state index contributed by atoms with van der Waals surface area (Å²) in [5.74, 6) is 0. The molecule has 1 aromatic heterocycles. The van der Waals surface area contributed by atoms with E-state index in [4.69, 9.17) is 5.73 Å². The summed E-state index contributed by atoms with van der Waals surface area (Å²) < 4.78 is 0. The maximum absolute atomic E-state index is 5.97. The van der Waals surface area contributed by atoms with Gasteiger partial charge in [0.2, 0.25) is 0 Å². The first kappa shape index (κ1) is 12.5. The van der Waals surface area contributed by atoms with E-state index in [1.54, 1.807) is 0 Å². The summed E-state index contributed by atoms with van der Waals surface area (Å²) >= 11 is 0. The van der Waals surface area contributed by atoms with Crippen LogP contribution >= 0.6 is 0 Å². The average molecular weight is 263 g/mol. The van der Waals surface area contributed by atoms with Crippen molar-refractivity contribution in [3.63, 3.8) is 0 Å². The standard InChI is InChI=1S/C17H17N3/c1-12-9-10-13-6-4-8-16(17(13)20-12)19-11-14-5-2-3-7-15(14)18/h2-10,19H,11,18H2,1H3. The van der Waals surface area contributed by atoms with Crippen molar-refractivity contribution in [1.82, 2.24) is 4.98 Å². The van der Waals surface area contributed by atoms with Gasteiger partial charge in [-0.2, -0.15) is 0 Å². The highest BCUT2D eigenvalue weighted by atomic mass is 14.9. The van der Waals surface area contributed by atoms with Crippen LogP contribution in [0.15, 0.2) is 54.6 Å². The molecule has 3 N–H and O–H groups in total. The minimum Gasteiger partial charge on any atom is -0.398 e. The number of benzene rings is 2. The van der Waals surface area contributed by atoms with Crippen molar-refractivity contribution in [2.24, 2.45) is 0 Å². The van der Waals surface area contributed by atoms with Crippen molar-refractivity contribution in [2.75, 3.05) is 11.1 Å². The summed E-state index contributed by atoms with van der Waals surface area (Å²) in [7, 11) is 0. The van der Waals surface area contributed by atoms with Crippen molar-refractivity contribution in [2.45, 2.75) is 13.5 Å². The predicted molar refractivity (Wildman–Crippen MR) is 84.7 cm³/mol. The number of hydrogen-bond acceptors (Lipinski definition) is 3. The highest BCUT2D eigenvalue weighted by Crippen LogP contribution is 2.23. The fraction of sp³-hybridized carbons (Fsp3) is 0.118. The van der Waals surface area contributed by atoms with Crippen LogP contribution in [0.4, 0.5) is 11.4 Å². The van der Waals surface area contributed by atoms with E-state index >= 15 is 0 Å². The molecule has 100 valence electrons. The molecule has 20 heavy (non-hydrogen) atoms.